The Balaban J connectivity index is 2.59. The molecule has 0 spiro atoms. The van der Waals surface area contributed by atoms with Crippen molar-refractivity contribution in [3.63, 3.8) is 0 Å². The van der Waals surface area contributed by atoms with E-state index >= 15 is 0 Å². The molecule has 0 bridgehead atoms. The molecular weight excluding hydrogens is 258 g/mol. The average molecular weight is 270 g/mol. The standard InChI is InChI=1S/C11H12ClN3OS/c1-6(4-10(13)16)15-9-5-7(12)2-3-8(9)14-11(15)17/h2-3,5-6H,4H2,1H3,(H2,13,16)(H,14,17). The van der Waals surface area contributed by atoms with E-state index in [1.165, 1.54) is 0 Å². The first kappa shape index (κ1) is 12.1. The minimum absolute atomic E-state index is 0.0905. The van der Waals surface area contributed by atoms with Gasteiger partial charge in [0.15, 0.2) is 4.77 Å². The smallest absolute Gasteiger partial charge is 0.219 e. The lowest BCUT2D eigenvalue weighted by molar-refractivity contribution is -0.118. The van der Waals surface area contributed by atoms with Crippen LogP contribution in [0.3, 0.4) is 0 Å². The summed E-state index contributed by atoms with van der Waals surface area (Å²) < 4.78 is 2.43. The monoisotopic (exact) mass is 269 g/mol. The number of carbonyl (C=O) groups is 1. The lowest BCUT2D eigenvalue weighted by Crippen LogP contribution is -2.17. The summed E-state index contributed by atoms with van der Waals surface area (Å²) in [7, 11) is 0. The van der Waals surface area contributed by atoms with Gasteiger partial charge in [0.2, 0.25) is 5.91 Å². The van der Waals surface area contributed by atoms with E-state index in [1.807, 2.05) is 23.6 Å². The second-order valence-electron chi connectivity index (χ2n) is 3.98. The number of imidazole rings is 1. The molecule has 17 heavy (non-hydrogen) atoms. The lowest BCUT2D eigenvalue weighted by Gasteiger charge is -2.12. The van der Waals surface area contributed by atoms with Gasteiger partial charge < -0.3 is 15.3 Å². The third-order valence-corrected chi connectivity index (χ3v) is 3.15. The largest absolute Gasteiger partial charge is 0.370 e. The molecule has 2 rings (SSSR count). The average Bonchev–Trinajstić information content (AvgIpc) is 2.52. The van der Waals surface area contributed by atoms with Gasteiger partial charge in [-0.1, -0.05) is 11.6 Å². The summed E-state index contributed by atoms with van der Waals surface area (Å²) in [5.74, 6) is -0.351. The molecule has 0 saturated carbocycles. The molecule has 0 aliphatic heterocycles. The highest BCUT2D eigenvalue weighted by Crippen LogP contribution is 2.23. The van der Waals surface area contributed by atoms with Gasteiger partial charge in [-0.2, -0.15) is 0 Å². The number of hydrogen-bond acceptors (Lipinski definition) is 2. The van der Waals surface area contributed by atoms with Gasteiger partial charge in [0.05, 0.1) is 11.0 Å². The second-order valence-corrected chi connectivity index (χ2v) is 4.80. The van der Waals surface area contributed by atoms with Crippen LogP contribution in [-0.4, -0.2) is 15.5 Å². The number of aromatic nitrogens is 2. The molecule has 6 heteroatoms. The molecule has 4 nitrogen and oxygen atoms in total. The highest BCUT2D eigenvalue weighted by molar-refractivity contribution is 7.71. The van der Waals surface area contributed by atoms with Crippen LogP contribution in [0.2, 0.25) is 5.02 Å². The molecule has 1 unspecified atom stereocenters. The van der Waals surface area contributed by atoms with Crippen molar-refractivity contribution in [1.82, 2.24) is 9.55 Å². The highest BCUT2D eigenvalue weighted by Gasteiger charge is 2.13. The molecular formula is C11H12ClN3OS. The maximum Gasteiger partial charge on any atom is 0.219 e. The molecule has 2 aromatic rings. The van der Waals surface area contributed by atoms with Crippen molar-refractivity contribution < 1.29 is 4.79 Å². The van der Waals surface area contributed by atoms with Gasteiger partial charge in [0.1, 0.15) is 0 Å². The summed E-state index contributed by atoms with van der Waals surface area (Å²) in [5.41, 5.74) is 6.99. The Labute approximate surface area is 108 Å². The minimum Gasteiger partial charge on any atom is -0.370 e. The van der Waals surface area contributed by atoms with Crippen LogP contribution in [0.1, 0.15) is 19.4 Å². The van der Waals surface area contributed by atoms with E-state index in [0.717, 1.165) is 11.0 Å². The topological polar surface area (TPSA) is 63.8 Å². The number of halogens is 1. The van der Waals surface area contributed by atoms with Gasteiger partial charge in [0, 0.05) is 17.5 Å². The Kier molecular flexibility index (Phi) is 3.22. The van der Waals surface area contributed by atoms with Crippen LogP contribution in [-0.2, 0) is 4.79 Å². The van der Waals surface area contributed by atoms with Gasteiger partial charge in [-0.15, -0.1) is 0 Å². The molecule has 3 N–H and O–H groups in total. The molecule has 1 heterocycles. The zero-order valence-corrected chi connectivity index (χ0v) is 10.8. The number of nitrogens with two attached hydrogens (primary N) is 1. The number of primary amides is 1. The quantitative estimate of drug-likeness (QED) is 0.842. The Morgan fingerprint density at radius 1 is 1.65 bits per heavy atom. The second kappa shape index (κ2) is 4.50. The molecule has 0 radical (unpaired) electrons. The third kappa shape index (κ3) is 2.35. The number of fused-ring (bicyclic) bond motifs is 1. The summed E-state index contributed by atoms with van der Waals surface area (Å²) in [6, 6.07) is 5.38. The summed E-state index contributed by atoms with van der Waals surface area (Å²) in [5, 5.41) is 0.631. The van der Waals surface area contributed by atoms with Crippen molar-refractivity contribution in [2.75, 3.05) is 0 Å². The Morgan fingerprint density at radius 3 is 3.00 bits per heavy atom. The molecule has 0 fully saturated rings. The molecule has 0 aliphatic rings. The summed E-state index contributed by atoms with van der Waals surface area (Å²) in [6.45, 7) is 1.90. The fourth-order valence-electron chi connectivity index (χ4n) is 1.91. The third-order valence-electron chi connectivity index (χ3n) is 2.62. The zero-order valence-electron chi connectivity index (χ0n) is 9.24. The number of rotatable bonds is 3. The van der Waals surface area contributed by atoms with E-state index in [9.17, 15) is 4.79 Å². The fourth-order valence-corrected chi connectivity index (χ4v) is 2.47. The molecule has 90 valence electrons. The van der Waals surface area contributed by atoms with Crippen LogP contribution in [0.5, 0.6) is 0 Å². The van der Waals surface area contributed by atoms with E-state index in [-0.39, 0.29) is 18.4 Å². The Bertz CT molecular complexity index is 631. The Morgan fingerprint density at radius 2 is 2.35 bits per heavy atom. The zero-order chi connectivity index (χ0) is 12.6. The van der Waals surface area contributed by atoms with Gasteiger partial charge >= 0.3 is 0 Å². The Hall–Kier alpha value is -1.33. The van der Waals surface area contributed by atoms with Crippen molar-refractivity contribution >= 4 is 40.8 Å². The number of amides is 1. The maximum absolute atomic E-state index is 11.0. The highest BCUT2D eigenvalue weighted by atomic mass is 35.5. The van der Waals surface area contributed by atoms with Crippen molar-refractivity contribution in [3.05, 3.63) is 28.0 Å². The van der Waals surface area contributed by atoms with Crippen LogP contribution in [0.15, 0.2) is 18.2 Å². The van der Waals surface area contributed by atoms with Crippen LogP contribution in [0.25, 0.3) is 11.0 Å². The summed E-state index contributed by atoms with van der Waals surface area (Å²) >= 11 is 11.2. The first-order valence-electron chi connectivity index (χ1n) is 5.17. The molecule has 0 aliphatic carbocycles. The van der Waals surface area contributed by atoms with Gasteiger partial charge in [-0.25, -0.2) is 0 Å². The van der Waals surface area contributed by atoms with Crippen molar-refractivity contribution in [2.45, 2.75) is 19.4 Å². The van der Waals surface area contributed by atoms with Crippen molar-refractivity contribution in [1.29, 1.82) is 0 Å². The fraction of sp³-hybridized carbons (Fsp3) is 0.273. The van der Waals surface area contributed by atoms with Gasteiger partial charge in [0.25, 0.3) is 0 Å². The SMILES string of the molecule is CC(CC(N)=O)n1c(=S)[nH]c2ccc(Cl)cc21. The first-order valence-corrected chi connectivity index (χ1v) is 5.95. The lowest BCUT2D eigenvalue weighted by atomic mass is 10.2. The number of H-pyrrole nitrogens is 1. The summed E-state index contributed by atoms with van der Waals surface area (Å²) in [6.07, 6.45) is 0.244. The number of hydrogen-bond donors (Lipinski definition) is 2. The molecule has 0 saturated heterocycles. The van der Waals surface area contributed by atoms with E-state index in [2.05, 4.69) is 4.98 Å². The van der Waals surface area contributed by atoms with Crippen LogP contribution in [0, 0.1) is 4.77 Å². The van der Waals surface area contributed by atoms with Crippen molar-refractivity contribution in [2.24, 2.45) is 5.73 Å². The molecule has 1 aromatic carbocycles. The molecule has 1 aromatic heterocycles. The van der Waals surface area contributed by atoms with Gasteiger partial charge in [-0.05, 0) is 37.3 Å². The van der Waals surface area contributed by atoms with E-state index in [0.29, 0.717) is 9.79 Å². The van der Waals surface area contributed by atoms with E-state index in [1.54, 1.807) is 6.07 Å². The van der Waals surface area contributed by atoms with Crippen molar-refractivity contribution in [3.8, 4) is 0 Å². The van der Waals surface area contributed by atoms with Crippen LogP contribution in [0.4, 0.5) is 0 Å². The predicted octanol–water partition coefficient (Wildman–Crippen LogP) is 2.79. The first-order chi connectivity index (χ1) is 7.99. The van der Waals surface area contributed by atoms with Crippen LogP contribution >= 0.6 is 23.8 Å². The number of aromatic amines is 1. The van der Waals surface area contributed by atoms with Gasteiger partial charge in [-0.3, -0.25) is 4.79 Å². The number of nitrogens with zero attached hydrogens (tertiary/aromatic N) is 1. The maximum atomic E-state index is 11.0. The molecule has 1 amide bonds. The summed E-state index contributed by atoms with van der Waals surface area (Å²) in [4.78, 5) is 14.0. The minimum atomic E-state index is -0.351. The van der Waals surface area contributed by atoms with E-state index in [4.69, 9.17) is 29.6 Å². The number of benzene rings is 1. The molecule has 1 atom stereocenters. The number of carbonyl (C=O) groups excluding carboxylic acids is 1. The predicted molar refractivity (Wildman–Crippen MR) is 70.7 cm³/mol. The van der Waals surface area contributed by atoms with E-state index < -0.39 is 0 Å². The normalized spacial score (nSPS) is 12.8. The van der Waals surface area contributed by atoms with Crippen LogP contribution < -0.4 is 5.73 Å². The number of nitrogens with one attached hydrogen (secondary N) is 1.